The third-order valence-corrected chi connectivity index (χ3v) is 4.39. The molecule has 4 nitrogen and oxygen atoms in total. The van der Waals surface area contributed by atoms with Crippen LogP contribution in [0.3, 0.4) is 0 Å². The maximum Gasteiger partial charge on any atom is 0.328 e. The zero-order valence-electron chi connectivity index (χ0n) is 11.1. The Morgan fingerprint density at radius 1 is 1.58 bits per heavy atom. The van der Waals surface area contributed by atoms with Crippen molar-refractivity contribution in [3.05, 3.63) is 27.5 Å². The molecule has 1 heterocycles. The van der Waals surface area contributed by atoms with E-state index in [-0.39, 0.29) is 11.9 Å². The molecule has 6 heteroatoms. The van der Waals surface area contributed by atoms with Crippen molar-refractivity contribution >= 4 is 41.1 Å². The molecule has 0 aliphatic carbocycles. The molecule has 1 aromatic rings. The van der Waals surface area contributed by atoms with E-state index in [1.54, 1.807) is 17.8 Å². The molecule has 104 valence electrons. The van der Waals surface area contributed by atoms with Crippen LogP contribution in [0.5, 0.6) is 0 Å². The van der Waals surface area contributed by atoms with Crippen LogP contribution >= 0.6 is 23.1 Å². The molecule has 2 N–H and O–H groups in total. The predicted molar refractivity (Wildman–Crippen MR) is 81.0 cm³/mol. The highest BCUT2D eigenvalue weighted by molar-refractivity contribution is 7.98. The molecule has 0 spiro atoms. The molecule has 0 saturated heterocycles. The number of hydrogen-bond acceptors (Lipinski definition) is 4. The van der Waals surface area contributed by atoms with Crippen molar-refractivity contribution in [1.82, 2.24) is 5.32 Å². The number of carbonyl (C=O) groups is 2. The van der Waals surface area contributed by atoms with Gasteiger partial charge in [0, 0.05) is 22.7 Å². The summed E-state index contributed by atoms with van der Waals surface area (Å²) in [5.41, 5.74) is 0.908. The quantitative estimate of drug-likeness (QED) is 0.793. The van der Waals surface area contributed by atoms with Crippen LogP contribution in [0.2, 0.25) is 0 Å². The van der Waals surface area contributed by atoms with E-state index in [0.29, 0.717) is 4.88 Å². The highest BCUT2D eigenvalue weighted by Crippen LogP contribution is 2.23. The summed E-state index contributed by atoms with van der Waals surface area (Å²) in [7, 11) is 0. The minimum absolute atomic E-state index is 0.107. The molecule has 0 saturated carbocycles. The monoisotopic (exact) mass is 299 g/mol. The SMILES string of the molecule is CSCC(C)NC(=O)c1cc(C)c(/C=C/C(=O)O)s1. The van der Waals surface area contributed by atoms with Crippen LogP contribution in [0.1, 0.15) is 27.0 Å². The first kappa shape index (κ1) is 15.8. The van der Waals surface area contributed by atoms with Gasteiger partial charge in [-0.1, -0.05) is 0 Å². The molecule has 0 aliphatic rings. The Kier molecular flexibility index (Phi) is 6.11. The normalized spacial score (nSPS) is 12.6. The van der Waals surface area contributed by atoms with Crippen molar-refractivity contribution < 1.29 is 14.7 Å². The molecule has 0 aromatic carbocycles. The van der Waals surface area contributed by atoms with Crippen molar-refractivity contribution in [1.29, 1.82) is 0 Å². The third kappa shape index (κ3) is 5.08. The van der Waals surface area contributed by atoms with E-state index < -0.39 is 5.97 Å². The molecule has 1 unspecified atom stereocenters. The summed E-state index contributed by atoms with van der Waals surface area (Å²) in [4.78, 5) is 23.9. The van der Waals surface area contributed by atoms with Crippen molar-refractivity contribution in [2.75, 3.05) is 12.0 Å². The Balaban J connectivity index is 2.77. The van der Waals surface area contributed by atoms with Crippen molar-refractivity contribution in [3.63, 3.8) is 0 Å². The van der Waals surface area contributed by atoms with Crippen molar-refractivity contribution in [3.8, 4) is 0 Å². The first-order valence-electron chi connectivity index (χ1n) is 5.75. The number of rotatable bonds is 6. The number of thioether (sulfide) groups is 1. The van der Waals surface area contributed by atoms with E-state index in [1.165, 1.54) is 17.4 Å². The van der Waals surface area contributed by atoms with Crippen LogP contribution in [0.25, 0.3) is 6.08 Å². The van der Waals surface area contributed by atoms with Crippen LogP contribution in [0.4, 0.5) is 0 Å². The lowest BCUT2D eigenvalue weighted by Gasteiger charge is -2.10. The first-order chi connectivity index (χ1) is 8.93. The second kappa shape index (κ2) is 7.35. The molecule has 0 fully saturated rings. The van der Waals surface area contributed by atoms with Gasteiger partial charge in [0.25, 0.3) is 5.91 Å². The summed E-state index contributed by atoms with van der Waals surface area (Å²) < 4.78 is 0. The second-order valence-electron chi connectivity index (χ2n) is 4.16. The van der Waals surface area contributed by atoms with E-state index in [2.05, 4.69) is 5.32 Å². The van der Waals surface area contributed by atoms with E-state index in [4.69, 9.17) is 5.11 Å². The Hall–Kier alpha value is -1.27. The maximum atomic E-state index is 12.0. The first-order valence-corrected chi connectivity index (χ1v) is 7.96. The van der Waals surface area contributed by atoms with Gasteiger partial charge >= 0.3 is 5.97 Å². The van der Waals surface area contributed by atoms with Crippen LogP contribution in [0, 0.1) is 6.92 Å². The summed E-state index contributed by atoms with van der Waals surface area (Å²) in [5, 5.41) is 11.5. The van der Waals surface area contributed by atoms with Crippen LogP contribution in [-0.4, -0.2) is 35.0 Å². The standard InChI is InChI=1S/C13H17NO3S2/c1-8-6-11(13(17)14-9(2)7-18-3)19-10(8)4-5-12(15)16/h4-6,9H,7H2,1-3H3,(H,14,17)(H,15,16)/b5-4+. The summed E-state index contributed by atoms with van der Waals surface area (Å²) in [6, 6.07) is 1.90. The molecule has 0 radical (unpaired) electrons. The lowest BCUT2D eigenvalue weighted by atomic mass is 10.2. The largest absolute Gasteiger partial charge is 0.478 e. The lowest BCUT2D eigenvalue weighted by Crippen LogP contribution is -2.33. The smallest absolute Gasteiger partial charge is 0.328 e. The van der Waals surface area contributed by atoms with Gasteiger partial charge in [-0.3, -0.25) is 4.79 Å². The highest BCUT2D eigenvalue weighted by atomic mass is 32.2. The van der Waals surface area contributed by atoms with Gasteiger partial charge in [-0.15, -0.1) is 11.3 Å². The third-order valence-electron chi connectivity index (χ3n) is 2.35. The van der Waals surface area contributed by atoms with E-state index in [1.807, 2.05) is 20.1 Å². The van der Waals surface area contributed by atoms with E-state index in [9.17, 15) is 9.59 Å². The number of carboxylic acids is 1. The number of hydrogen-bond donors (Lipinski definition) is 2. The molecule has 1 aromatic heterocycles. The van der Waals surface area contributed by atoms with Gasteiger partial charge in [0.15, 0.2) is 0 Å². The van der Waals surface area contributed by atoms with Gasteiger partial charge in [-0.25, -0.2) is 4.79 Å². The van der Waals surface area contributed by atoms with Crippen molar-refractivity contribution in [2.24, 2.45) is 0 Å². The molecular formula is C13H17NO3S2. The van der Waals surface area contributed by atoms with Gasteiger partial charge in [0.05, 0.1) is 4.88 Å². The zero-order chi connectivity index (χ0) is 14.4. The number of aryl methyl sites for hydroxylation is 1. The summed E-state index contributed by atoms with van der Waals surface area (Å²) in [5.74, 6) is -0.237. The highest BCUT2D eigenvalue weighted by Gasteiger charge is 2.13. The van der Waals surface area contributed by atoms with Crippen LogP contribution < -0.4 is 5.32 Å². The van der Waals surface area contributed by atoms with Crippen LogP contribution in [0.15, 0.2) is 12.1 Å². The fraction of sp³-hybridized carbons (Fsp3) is 0.385. The van der Waals surface area contributed by atoms with Gasteiger partial charge in [0.1, 0.15) is 0 Å². The summed E-state index contributed by atoms with van der Waals surface area (Å²) >= 11 is 2.98. The molecule has 19 heavy (non-hydrogen) atoms. The lowest BCUT2D eigenvalue weighted by molar-refractivity contribution is -0.131. The van der Waals surface area contributed by atoms with Gasteiger partial charge in [-0.2, -0.15) is 11.8 Å². The number of amides is 1. The van der Waals surface area contributed by atoms with Gasteiger partial charge in [-0.05, 0) is 37.8 Å². The van der Waals surface area contributed by atoms with E-state index in [0.717, 1.165) is 22.3 Å². The van der Waals surface area contributed by atoms with E-state index >= 15 is 0 Å². The van der Waals surface area contributed by atoms with Gasteiger partial charge in [0.2, 0.25) is 0 Å². The number of carboxylic acid groups (broad SMARTS) is 1. The fourth-order valence-electron chi connectivity index (χ4n) is 1.51. The predicted octanol–water partition coefficient (Wildman–Crippen LogP) is 2.64. The fourth-order valence-corrected chi connectivity index (χ4v) is 3.07. The average molecular weight is 299 g/mol. The number of aliphatic carboxylic acids is 1. The topological polar surface area (TPSA) is 66.4 Å². The summed E-state index contributed by atoms with van der Waals surface area (Å²) in [6.45, 7) is 3.82. The molecule has 0 aliphatic heterocycles. The summed E-state index contributed by atoms with van der Waals surface area (Å²) in [6.07, 6.45) is 4.59. The zero-order valence-corrected chi connectivity index (χ0v) is 12.7. The average Bonchev–Trinajstić information content (AvgIpc) is 2.68. The van der Waals surface area contributed by atoms with Crippen molar-refractivity contribution in [2.45, 2.75) is 19.9 Å². The minimum atomic E-state index is -0.993. The Morgan fingerprint density at radius 3 is 2.84 bits per heavy atom. The maximum absolute atomic E-state index is 12.0. The number of nitrogens with one attached hydrogen (secondary N) is 1. The van der Waals surface area contributed by atoms with Gasteiger partial charge < -0.3 is 10.4 Å². The number of carbonyl (C=O) groups excluding carboxylic acids is 1. The molecule has 1 atom stereocenters. The molecule has 0 bridgehead atoms. The molecular weight excluding hydrogens is 282 g/mol. The Bertz CT molecular complexity index is 494. The Labute approximate surface area is 120 Å². The molecule has 1 amide bonds. The molecule has 1 rings (SSSR count). The second-order valence-corrected chi connectivity index (χ2v) is 6.15. The Morgan fingerprint density at radius 2 is 2.26 bits per heavy atom. The minimum Gasteiger partial charge on any atom is -0.478 e. The number of thiophene rings is 1. The van der Waals surface area contributed by atoms with Crippen LogP contribution in [-0.2, 0) is 4.79 Å².